The molecule has 0 spiro atoms. The fourth-order valence-electron chi connectivity index (χ4n) is 3.31. The molecule has 2 atom stereocenters. The van der Waals surface area contributed by atoms with Gasteiger partial charge in [0.05, 0.1) is 12.0 Å². The third-order valence-electron chi connectivity index (χ3n) is 4.88. The maximum Gasteiger partial charge on any atom is 0.229 e. The first-order chi connectivity index (χ1) is 12.1. The van der Waals surface area contributed by atoms with Crippen LogP contribution in [0.4, 0.5) is 5.69 Å². The standard InChI is InChI=1S/C21H24N2O2/c1-3-16-8-7-11-19(12-16)22-21(25)18-13-20(24)23(14-18)15(2)17-9-5-4-6-10-17/h4-12,15,18H,3,13-14H2,1-2H3,(H,22,25)/t15-,18+/m0/s1. The summed E-state index contributed by atoms with van der Waals surface area (Å²) in [7, 11) is 0. The topological polar surface area (TPSA) is 49.4 Å². The zero-order valence-electron chi connectivity index (χ0n) is 14.7. The molecule has 4 heteroatoms. The first-order valence-electron chi connectivity index (χ1n) is 8.82. The monoisotopic (exact) mass is 336 g/mol. The van der Waals surface area contributed by atoms with Gasteiger partial charge in [0.25, 0.3) is 0 Å². The highest BCUT2D eigenvalue weighted by Crippen LogP contribution is 2.29. The van der Waals surface area contributed by atoms with Crippen LogP contribution in [-0.2, 0) is 16.0 Å². The van der Waals surface area contributed by atoms with Crippen LogP contribution < -0.4 is 5.32 Å². The number of anilines is 1. The van der Waals surface area contributed by atoms with Crippen molar-refractivity contribution in [1.29, 1.82) is 0 Å². The molecular weight excluding hydrogens is 312 g/mol. The summed E-state index contributed by atoms with van der Waals surface area (Å²) in [6.45, 7) is 4.56. The van der Waals surface area contributed by atoms with E-state index in [9.17, 15) is 9.59 Å². The molecule has 25 heavy (non-hydrogen) atoms. The number of hydrogen-bond donors (Lipinski definition) is 1. The van der Waals surface area contributed by atoms with Gasteiger partial charge in [-0.1, -0.05) is 49.4 Å². The van der Waals surface area contributed by atoms with Crippen LogP contribution in [0.15, 0.2) is 54.6 Å². The molecule has 1 N–H and O–H groups in total. The fourth-order valence-corrected chi connectivity index (χ4v) is 3.31. The van der Waals surface area contributed by atoms with Crippen LogP contribution in [0.3, 0.4) is 0 Å². The molecule has 2 aromatic carbocycles. The Bertz CT molecular complexity index is 758. The molecule has 0 unspecified atom stereocenters. The summed E-state index contributed by atoms with van der Waals surface area (Å²) in [6, 6.07) is 17.8. The van der Waals surface area contributed by atoms with Gasteiger partial charge in [-0.15, -0.1) is 0 Å². The average Bonchev–Trinajstić information content (AvgIpc) is 3.04. The predicted octanol–water partition coefficient (Wildman–Crippen LogP) is 3.80. The van der Waals surface area contributed by atoms with Crippen LogP contribution in [-0.4, -0.2) is 23.3 Å². The van der Waals surface area contributed by atoms with Crippen molar-refractivity contribution in [2.75, 3.05) is 11.9 Å². The van der Waals surface area contributed by atoms with Crippen molar-refractivity contribution in [3.05, 3.63) is 65.7 Å². The Morgan fingerprint density at radius 2 is 1.96 bits per heavy atom. The minimum absolute atomic E-state index is 0.0186. The first kappa shape index (κ1) is 17.2. The van der Waals surface area contributed by atoms with Crippen LogP contribution in [0.25, 0.3) is 0 Å². The van der Waals surface area contributed by atoms with E-state index in [2.05, 4.69) is 12.2 Å². The van der Waals surface area contributed by atoms with Crippen LogP contribution in [0.1, 0.15) is 37.4 Å². The van der Waals surface area contributed by atoms with Crippen molar-refractivity contribution in [3.63, 3.8) is 0 Å². The SMILES string of the molecule is CCc1cccc(NC(=O)[C@@H]2CC(=O)N([C@@H](C)c3ccccc3)C2)c1. The van der Waals surface area contributed by atoms with Gasteiger partial charge in [0, 0.05) is 18.7 Å². The third kappa shape index (κ3) is 3.90. The van der Waals surface area contributed by atoms with Crippen LogP contribution in [0.2, 0.25) is 0 Å². The lowest BCUT2D eigenvalue weighted by Gasteiger charge is -2.25. The normalized spacial score (nSPS) is 18.2. The molecule has 2 amide bonds. The van der Waals surface area contributed by atoms with Gasteiger partial charge >= 0.3 is 0 Å². The average molecular weight is 336 g/mol. The summed E-state index contributed by atoms with van der Waals surface area (Å²) in [4.78, 5) is 26.8. The van der Waals surface area contributed by atoms with Crippen LogP contribution in [0.5, 0.6) is 0 Å². The summed E-state index contributed by atoms with van der Waals surface area (Å²) < 4.78 is 0. The van der Waals surface area contributed by atoms with E-state index in [-0.39, 0.29) is 30.2 Å². The number of nitrogens with one attached hydrogen (secondary N) is 1. The van der Waals surface area contributed by atoms with E-state index >= 15 is 0 Å². The maximum absolute atomic E-state index is 12.6. The van der Waals surface area contributed by atoms with E-state index in [4.69, 9.17) is 0 Å². The number of likely N-dealkylation sites (tertiary alicyclic amines) is 1. The van der Waals surface area contributed by atoms with Crippen molar-refractivity contribution in [1.82, 2.24) is 4.90 Å². The Kier molecular flexibility index (Phi) is 5.17. The quantitative estimate of drug-likeness (QED) is 0.903. The Balaban J connectivity index is 1.66. The Morgan fingerprint density at radius 1 is 1.20 bits per heavy atom. The number of benzene rings is 2. The molecule has 130 valence electrons. The Labute approximate surface area is 148 Å². The molecule has 1 saturated heterocycles. The zero-order chi connectivity index (χ0) is 17.8. The maximum atomic E-state index is 12.6. The fraction of sp³-hybridized carbons (Fsp3) is 0.333. The first-order valence-corrected chi connectivity index (χ1v) is 8.82. The highest BCUT2D eigenvalue weighted by Gasteiger charge is 2.36. The molecule has 0 aromatic heterocycles. The molecule has 0 aliphatic carbocycles. The minimum Gasteiger partial charge on any atom is -0.335 e. The van der Waals surface area contributed by atoms with Gasteiger partial charge in [0.2, 0.25) is 11.8 Å². The van der Waals surface area contributed by atoms with E-state index in [1.165, 1.54) is 5.56 Å². The van der Waals surface area contributed by atoms with Gasteiger partial charge in [-0.2, -0.15) is 0 Å². The summed E-state index contributed by atoms with van der Waals surface area (Å²) in [5, 5.41) is 2.96. The van der Waals surface area contributed by atoms with E-state index in [0.29, 0.717) is 6.54 Å². The Morgan fingerprint density at radius 3 is 2.68 bits per heavy atom. The smallest absolute Gasteiger partial charge is 0.229 e. The molecule has 1 aliphatic heterocycles. The summed E-state index contributed by atoms with van der Waals surface area (Å²) in [6.07, 6.45) is 1.20. The largest absolute Gasteiger partial charge is 0.335 e. The molecule has 4 nitrogen and oxygen atoms in total. The van der Waals surface area contributed by atoms with Gasteiger partial charge < -0.3 is 10.2 Å². The van der Waals surface area contributed by atoms with Crippen molar-refractivity contribution in [2.45, 2.75) is 32.7 Å². The second-order valence-corrected chi connectivity index (χ2v) is 6.58. The molecule has 1 fully saturated rings. The van der Waals surface area contributed by atoms with Crippen LogP contribution >= 0.6 is 0 Å². The van der Waals surface area contributed by atoms with E-state index in [1.807, 2.05) is 66.4 Å². The lowest BCUT2D eigenvalue weighted by atomic mass is 10.1. The van der Waals surface area contributed by atoms with Gasteiger partial charge in [-0.3, -0.25) is 9.59 Å². The second kappa shape index (κ2) is 7.51. The lowest BCUT2D eigenvalue weighted by Crippen LogP contribution is -2.30. The second-order valence-electron chi connectivity index (χ2n) is 6.58. The molecule has 2 aromatic rings. The van der Waals surface area contributed by atoms with Crippen molar-refractivity contribution >= 4 is 17.5 Å². The predicted molar refractivity (Wildman–Crippen MR) is 99.1 cm³/mol. The third-order valence-corrected chi connectivity index (χ3v) is 4.88. The molecule has 3 rings (SSSR count). The zero-order valence-corrected chi connectivity index (χ0v) is 14.7. The minimum atomic E-state index is -0.302. The number of rotatable bonds is 5. The van der Waals surface area contributed by atoms with Crippen molar-refractivity contribution < 1.29 is 9.59 Å². The molecule has 1 heterocycles. The van der Waals surface area contributed by atoms with E-state index in [0.717, 1.165) is 17.7 Å². The summed E-state index contributed by atoms with van der Waals surface area (Å²) in [5.41, 5.74) is 3.07. The number of carbonyl (C=O) groups excluding carboxylic acids is 2. The molecule has 0 saturated carbocycles. The van der Waals surface area contributed by atoms with Gasteiger partial charge in [-0.25, -0.2) is 0 Å². The lowest BCUT2D eigenvalue weighted by molar-refractivity contribution is -0.129. The number of amides is 2. The number of hydrogen-bond acceptors (Lipinski definition) is 2. The number of aryl methyl sites for hydroxylation is 1. The van der Waals surface area contributed by atoms with Crippen molar-refractivity contribution in [2.24, 2.45) is 5.92 Å². The molecule has 1 aliphatic rings. The molecule has 0 radical (unpaired) electrons. The van der Waals surface area contributed by atoms with E-state index in [1.54, 1.807) is 0 Å². The van der Waals surface area contributed by atoms with E-state index < -0.39 is 0 Å². The van der Waals surface area contributed by atoms with Gasteiger partial charge in [-0.05, 0) is 36.6 Å². The number of carbonyl (C=O) groups is 2. The molecular formula is C21H24N2O2. The summed E-state index contributed by atoms with van der Waals surface area (Å²) >= 11 is 0. The number of nitrogens with zero attached hydrogens (tertiary/aromatic N) is 1. The van der Waals surface area contributed by atoms with Crippen molar-refractivity contribution in [3.8, 4) is 0 Å². The Hall–Kier alpha value is -2.62. The molecule has 0 bridgehead atoms. The van der Waals surface area contributed by atoms with Gasteiger partial charge in [0.15, 0.2) is 0 Å². The highest BCUT2D eigenvalue weighted by molar-refractivity contribution is 5.97. The van der Waals surface area contributed by atoms with Gasteiger partial charge in [0.1, 0.15) is 0 Å². The highest BCUT2D eigenvalue weighted by atomic mass is 16.2. The van der Waals surface area contributed by atoms with Crippen LogP contribution in [0, 0.1) is 5.92 Å². The summed E-state index contributed by atoms with van der Waals surface area (Å²) in [5.74, 6) is -0.341.